The van der Waals surface area contributed by atoms with Gasteiger partial charge in [0.05, 0.1) is 0 Å². The van der Waals surface area contributed by atoms with E-state index in [9.17, 15) is 0 Å². The third-order valence-corrected chi connectivity index (χ3v) is 2.83. The molecule has 0 fully saturated rings. The number of nitrogens with zero attached hydrogens (tertiary/aromatic N) is 1. The predicted molar refractivity (Wildman–Crippen MR) is 73.7 cm³/mol. The van der Waals surface area contributed by atoms with Crippen LogP contribution >= 0.6 is 0 Å². The van der Waals surface area contributed by atoms with Crippen molar-refractivity contribution < 1.29 is 5.21 Å². The molecule has 3 heteroatoms. The molecule has 0 aliphatic carbocycles. The maximum absolute atomic E-state index is 8.58. The zero-order valence-electron chi connectivity index (χ0n) is 10.3. The van der Waals surface area contributed by atoms with E-state index < -0.39 is 0 Å². The maximum atomic E-state index is 8.58. The number of benzene rings is 2. The first kappa shape index (κ1) is 12.2. The number of oxime groups is 1. The van der Waals surface area contributed by atoms with Gasteiger partial charge < -0.3 is 10.9 Å². The Hall–Kier alpha value is -2.29. The number of nitrogens with two attached hydrogens (primary N) is 1. The van der Waals surface area contributed by atoms with Gasteiger partial charge in [-0.25, -0.2) is 0 Å². The lowest BCUT2D eigenvalue weighted by atomic mass is 10.0. The standard InChI is InChI=1S/C15H16N2O/c1-11-5-7-13(8-6-11)14-4-2-3-12(9-14)10-15(16)17-18/h2-9,18H,10H2,1H3,(H2,16,17). The average Bonchev–Trinajstić information content (AvgIpc) is 2.40. The van der Waals surface area contributed by atoms with Crippen molar-refractivity contribution in [2.45, 2.75) is 13.3 Å². The van der Waals surface area contributed by atoms with Crippen LogP contribution in [0.2, 0.25) is 0 Å². The maximum Gasteiger partial charge on any atom is 0.143 e. The van der Waals surface area contributed by atoms with Gasteiger partial charge in [0, 0.05) is 6.42 Å². The molecule has 2 rings (SSSR count). The Labute approximate surface area is 107 Å². The van der Waals surface area contributed by atoms with Gasteiger partial charge in [-0.15, -0.1) is 0 Å². The molecule has 0 unspecified atom stereocenters. The van der Waals surface area contributed by atoms with Gasteiger partial charge >= 0.3 is 0 Å². The van der Waals surface area contributed by atoms with E-state index in [-0.39, 0.29) is 5.84 Å². The van der Waals surface area contributed by atoms with Crippen LogP contribution in [0.1, 0.15) is 11.1 Å². The molecule has 18 heavy (non-hydrogen) atoms. The third kappa shape index (κ3) is 2.88. The lowest BCUT2D eigenvalue weighted by molar-refractivity contribution is 0.317. The normalized spacial score (nSPS) is 11.5. The van der Waals surface area contributed by atoms with Gasteiger partial charge in [0.2, 0.25) is 0 Å². The second-order valence-corrected chi connectivity index (χ2v) is 4.33. The summed E-state index contributed by atoms with van der Waals surface area (Å²) in [5, 5.41) is 11.6. The Morgan fingerprint density at radius 3 is 2.50 bits per heavy atom. The summed E-state index contributed by atoms with van der Waals surface area (Å²) in [5.41, 5.74) is 10.1. The van der Waals surface area contributed by atoms with Crippen molar-refractivity contribution in [1.29, 1.82) is 0 Å². The van der Waals surface area contributed by atoms with E-state index in [2.05, 4.69) is 48.5 Å². The van der Waals surface area contributed by atoms with Gasteiger partial charge in [0.15, 0.2) is 0 Å². The van der Waals surface area contributed by atoms with E-state index in [0.717, 1.165) is 11.1 Å². The Morgan fingerprint density at radius 2 is 1.83 bits per heavy atom. The van der Waals surface area contributed by atoms with Crippen LogP contribution < -0.4 is 5.73 Å². The van der Waals surface area contributed by atoms with Crippen molar-refractivity contribution in [1.82, 2.24) is 0 Å². The van der Waals surface area contributed by atoms with Crippen LogP contribution in [-0.4, -0.2) is 11.0 Å². The highest BCUT2D eigenvalue weighted by Crippen LogP contribution is 2.21. The molecule has 2 aromatic carbocycles. The minimum atomic E-state index is 0.219. The SMILES string of the molecule is Cc1ccc(-c2cccc(CC(N)=NO)c2)cc1. The summed E-state index contributed by atoms with van der Waals surface area (Å²) in [4.78, 5) is 0. The van der Waals surface area contributed by atoms with Gasteiger partial charge in [0.1, 0.15) is 5.84 Å². The Kier molecular flexibility index (Phi) is 3.63. The average molecular weight is 240 g/mol. The Morgan fingerprint density at radius 1 is 1.11 bits per heavy atom. The second kappa shape index (κ2) is 5.36. The van der Waals surface area contributed by atoms with Crippen molar-refractivity contribution in [2.24, 2.45) is 10.9 Å². The summed E-state index contributed by atoms with van der Waals surface area (Å²) in [6.45, 7) is 2.07. The largest absolute Gasteiger partial charge is 0.409 e. The van der Waals surface area contributed by atoms with E-state index >= 15 is 0 Å². The molecular weight excluding hydrogens is 224 g/mol. The van der Waals surface area contributed by atoms with Gasteiger partial charge in [-0.05, 0) is 23.6 Å². The van der Waals surface area contributed by atoms with Crippen LogP contribution in [0.4, 0.5) is 0 Å². The molecule has 0 saturated carbocycles. The summed E-state index contributed by atoms with van der Waals surface area (Å²) in [5.74, 6) is 0.219. The molecular formula is C15H16N2O. The van der Waals surface area contributed by atoms with Crippen LogP contribution in [0.25, 0.3) is 11.1 Å². The molecule has 0 radical (unpaired) electrons. The van der Waals surface area contributed by atoms with Crippen LogP contribution in [0.5, 0.6) is 0 Å². The molecule has 0 spiro atoms. The number of hydrogen-bond donors (Lipinski definition) is 2. The number of hydrogen-bond acceptors (Lipinski definition) is 2. The molecule has 0 aliphatic rings. The van der Waals surface area contributed by atoms with Crippen molar-refractivity contribution in [3.63, 3.8) is 0 Å². The quantitative estimate of drug-likeness (QED) is 0.375. The third-order valence-electron chi connectivity index (χ3n) is 2.83. The first-order valence-corrected chi connectivity index (χ1v) is 5.81. The minimum Gasteiger partial charge on any atom is -0.409 e. The number of rotatable bonds is 3. The highest BCUT2D eigenvalue weighted by molar-refractivity contribution is 5.82. The molecule has 0 heterocycles. The fraction of sp³-hybridized carbons (Fsp3) is 0.133. The lowest BCUT2D eigenvalue weighted by Gasteiger charge is -2.05. The molecule has 0 atom stereocenters. The Bertz CT molecular complexity index is 559. The molecule has 92 valence electrons. The van der Waals surface area contributed by atoms with Crippen molar-refractivity contribution in [3.05, 3.63) is 59.7 Å². The van der Waals surface area contributed by atoms with Crippen molar-refractivity contribution in [3.8, 4) is 11.1 Å². The first-order valence-electron chi connectivity index (χ1n) is 5.81. The van der Waals surface area contributed by atoms with E-state index in [1.54, 1.807) is 0 Å². The van der Waals surface area contributed by atoms with E-state index in [1.165, 1.54) is 11.1 Å². The number of amidine groups is 1. The fourth-order valence-corrected chi connectivity index (χ4v) is 1.85. The van der Waals surface area contributed by atoms with Crippen LogP contribution in [0.3, 0.4) is 0 Å². The topological polar surface area (TPSA) is 58.6 Å². The lowest BCUT2D eigenvalue weighted by Crippen LogP contribution is -2.14. The molecule has 0 amide bonds. The second-order valence-electron chi connectivity index (χ2n) is 4.33. The van der Waals surface area contributed by atoms with Gasteiger partial charge in [0.25, 0.3) is 0 Å². The summed E-state index contributed by atoms with van der Waals surface area (Å²) in [6.07, 6.45) is 0.455. The van der Waals surface area contributed by atoms with E-state index in [1.807, 2.05) is 12.1 Å². The monoisotopic (exact) mass is 240 g/mol. The minimum absolute atomic E-state index is 0.219. The van der Waals surface area contributed by atoms with Crippen molar-refractivity contribution >= 4 is 5.84 Å². The molecule has 0 aromatic heterocycles. The van der Waals surface area contributed by atoms with Crippen LogP contribution in [0.15, 0.2) is 53.7 Å². The molecule has 3 N–H and O–H groups in total. The zero-order chi connectivity index (χ0) is 13.0. The molecule has 2 aromatic rings. The molecule has 3 nitrogen and oxygen atoms in total. The van der Waals surface area contributed by atoms with Crippen LogP contribution in [0, 0.1) is 6.92 Å². The summed E-state index contributed by atoms with van der Waals surface area (Å²) < 4.78 is 0. The van der Waals surface area contributed by atoms with E-state index in [4.69, 9.17) is 10.9 Å². The summed E-state index contributed by atoms with van der Waals surface area (Å²) in [6, 6.07) is 16.4. The van der Waals surface area contributed by atoms with E-state index in [0.29, 0.717) is 6.42 Å². The van der Waals surface area contributed by atoms with Gasteiger partial charge in [-0.1, -0.05) is 59.3 Å². The number of aryl methyl sites for hydroxylation is 1. The van der Waals surface area contributed by atoms with Crippen LogP contribution in [-0.2, 0) is 6.42 Å². The highest BCUT2D eigenvalue weighted by atomic mass is 16.4. The van der Waals surface area contributed by atoms with Gasteiger partial charge in [-0.3, -0.25) is 0 Å². The van der Waals surface area contributed by atoms with Crippen molar-refractivity contribution in [2.75, 3.05) is 0 Å². The highest BCUT2D eigenvalue weighted by Gasteiger charge is 2.01. The Balaban J connectivity index is 2.29. The van der Waals surface area contributed by atoms with Gasteiger partial charge in [-0.2, -0.15) is 0 Å². The molecule has 0 saturated heterocycles. The molecule has 0 bridgehead atoms. The molecule has 0 aliphatic heterocycles. The first-order chi connectivity index (χ1) is 8.69. The summed E-state index contributed by atoms with van der Waals surface area (Å²) >= 11 is 0. The summed E-state index contributed by atoms with van der Waals surface area (Å²) in [7, 11) is 0. The predicted octanol–water partition coefficient (Wildman–Crippen LogP) is 2.95. The smallest absolute Gasteiger partial charge is 0.143 e. The zero-order valence-corrected chi connectivity index (χ0v) is 10.3. The fourth-order valence-electron chi connectivity index (χ4n) is 1.85.